The first-order chi connectivity index (χ1) is 11.1. The van der Waals surface area contributed by atoms with E-state index in [-0.39, 0.29) is 5.56 Å². The van der Waals surface area contributed by atoms with Crippen molar-refractivity contribution in [2.45, 2.75) is 13.3 Å². The third kappa shape index (κ3) is 2.59. The van der Waals surface area contributed by atoms with Crippen LogP contribution in [0.15, 0.2) is 41.3 Å². The monoisotopic (exact) mass is 327 g/mol. The van der Waals surface area contributed by atoms with Crippen molar-refractivity contribution in [3.8, 4) is 11.4 Å². The smallest absolute Gasteiger partial charge is 0.268 e. The van der Waals surface area contributed by atoms with Gasteiger partial charge < -0.3 is 14.7 Å². The molecule has 0 aliphatic heterocycles. The lowest BCUT2D eigenvalue weighted by Crippen LogP contribution is -2.19. The van der Waals surface area contributed by atoms with Gasteiger partial charge in [0.25, 0.3) is 5.56 Å². The number of fused-ring (bicyclic) bond motifs is 1. The van der Waals surface area contributed by atoms with Gasteiger partial charge >= 0.3 is 0 Å². The number of hydrogen-bond donors (Lipinski definition) is 2. The van der Waals surface area contributed by atoms with Crippen molar-refractivity contribution in [3.05, 3.63) is 51.7 Å². The molecule has 2 aromatic heterocycles. The maximum Gasteiger partial charge on any atom is 0.268 e. The highest BCUT2D eigenvalue weighted by Gasteiger charge is 2.32. The van der Waals surface area contributed by atoms with Crippen LogP contribution in [-0.2, 0) is 0 Å². The molecule has 5 nitrogen and oxygen atoms in total. The Kier molecular flexibility index (Phi) is 3.34. The number of rotatable bonds is 4. The molecule has 2 N–H and O–H groups in total. The highest BCUT2D eigenvalue weighted by molar-refractivity contribution is 7.71. The summed E-state index contributed by atoms with van der Waals surface area (Å²) in [6.45, 7) is 3.00. The Morgan fingerprint density at radius 3 is 2.74 bits per heavy atom. The highest BCUT2D eigenvalue weighted by atomic mass is 32.1. The molecule has 23 heavy (non-hydrogen) atoms. The molecule has 1 saturated carbocycles. The molecule has 0 bridgehead atoms. The fourth-order valence-electron chi connectivity index (χ4n) is 2.79. The predicted molar refractivity (Wildman–Crippen MR) is 91.8 cm³/mol. The standard InChI is InChI=1S/C17H17N3O2S/c1-10-8-11(10)9-22-13-4-2-12(3-5-13)20-16(21)14-6-7-18-15(14)19-17(20)23/h2-7,10-11,18H,8-9H2,1H3,(H,19,23). The summed E-state index contributed by atoms with van der Waals surface area (Å²) in [6.07, 6.45) is 2.97. The van der Waals surface area contributed by atoms with Gasteiger partial charge in [-0.2, -0.15) is 0 Å². The van der Waals surface area contributed by atoms with E-state index < -0.39 is 0 Å². The van der Waals surface area contributed by atoms with Gasteiger partial charge in [0, 0.05) is 6.20 Å². The van der Waals surface area contributed by atoms with Crippen LogP contribution in [-0.4, -0.2) is 21.1 Å². The van der Waals surface area contributed by atoms with Crippen molar-refractivity contribution < 1.29 is 4.74 Å². The van der Waals surface area contributed by atoms with E-state index in [9.17, 15) is 4.79 Å². The summed E-state index contributed by atoms with van der Waals surface area (Å²) in [6, 6.07) is 9.22. The SMILES string of the molecule is CC1CC1COc1ccc(-n2c(=S)[nH]c3[nH]ccc3c2=O)cc1. The normalized spacial score (nSPS) is 19.9. The van der Waals surface area contributed by atoms with E-state index >= 15 is 0 Å². The molecule has 2 atom stereocenters. The maximum atomic E-state index is 12.6. The van der Waals surface area contributed by atoms with E-state index in [0.717, 1.165) is 24.0 Å². The minimum atomic E-state index is -0.134. The lowest BCUT2D eigenvalue weighted by Gasteiger charge is -2.09. The summed E-state index contributed by atoms with van der Waals surface area (Å²) >= 11 is 5.31. The Morgan fingerprint density at radius 2 is 2.04 bits per heavy atom. The van der Waals surface area contributed by atoms with Crippen LogP contribution in [0, 0.1) is 16.6 Å². The van der Waals surface area contributed by atoms with Gasteiger partial charge in [0.2, 0.25) is 0 Å². The van der Waals surface area contributed by atoms with E-state index in [1.54, 1.807) is 12.3 Å². The number of H-pyrrole nitrogens is 2. The quantitative estimate of drug-likeness (QED) is 0.722. The number of ether oxygens (including phenoxy) is 1. The van der Waals surface area contributed by atoms with Gasteiger partial charge in [-0.25, -0.2) is 0 Å². The van der Waals surface area contributed by atoms with Gasteiger partial charge in [0.05, 0.1) is 17.7 Å². The van der Waals surface area contributed by atoms with E-state index in [4.69, 9.17) is 17.0 Å². The zero-order chi connectivity index (χ0) is 16.0. The predicted octanol–water partition coefficient (Wildman–Crippen LogP) is 3.41. The minimum absolute atomic E-state index is 0.134. The Hall–Kier alpha value is -2.34. The molecule has 1 aliphatic rings. The molecule has 0 amide bonds. The Balaban J connectivity index is 1.65. The van der Waals surface area contributed by atoms with Crippen LogP contribution in [0.1, 0.15) is 13.3 Å². The number of benzene rings is 1. The number of hydrogen-bond acceptors (Lipinski definition) is 3. The molecular formula is C17H17N3O2S. The van der Waals surface area contributed by atoms with Gasteiger partial charge in [-0.05, 0) is 60.8 Å². The Labute approximate surface area is 137 Å². The van der Waals surface area contributed by atoms with Gasteiger partial charge in [-0.3, -0.25) is 9.36 Å². The average Bonchev–Trinajstić information content (AvgIpc) is 3.04. The molecule has 2 unspecified atom stereocenters. The van der Waals surface area contributed by atoms with Crippen molar-refractivity contribution >= 4 is 23.3 Å². The van der Waals surface area contributed by atoms with Crippen LogP contribution in [0.4, 0.5) is 0 Å². The third-order valence-electron chi connectivity index (χ3n) is 4.45. The van der Waals surface area contributed by atoms with Gasteiger partial charge in [-0.1, -0.05) is 6.92 Å². The van der Waals surface area contributed by atoms with Crippen molar-refractivity contribution in [1.82, 2.24) is 14.5 Å². The summed E-state index contributed by atoms with van der Waals surface area (Å²) < 4.78 is 7.65. The van der Waals surface area contributed by atoms with E-state index in [0.29, 0.717) is 21.7 Å². The fraction of sp³-hybridized carbons (Fsp3) is 0.294. The summed E-state index contributed by atoms with van der Waals surface area (Å²) in [5.41, 5.74) is 1.24. The second-order valence-electron chi connectivity index (χ2n) is 6.12. The molecule has 2 heterocycles. The lowest BCUT2D eigenvalue weighted by atomic mass is 10.3. The molecule has 0 spiro atoms. The molecular weight excluding hydrogens is 310 g/mol. The number of aromatic nitrogens is 3. The summed E-state index contributed by atoms with van der Waals surface area (Å²) in [4.78, 5) is 18.6. The largest absolute Gasteiger partial charge is 0.493 e. The number of nitrogens with one attached hydrogen (secondary N) is 2. The fourth-order valence-corrected chi connectivity index (χ4v) is 3.08. The third-order valence-corrected chi connectivity index (χ3v) is 4.74. The van der Waals surface area contributed by atoms with Crippen LogP contribution < -0.4 is 10.3 Å². The molecule has 6 heteroatoms. The summed E-state index contributed by atoms with van der Waals surface area (Å²) in [5, 5.41) is 0.585. The average molecular weight is 327 g/mol. The zero-order valence-electron chi connectivity index (χ0n) is 12.7. The number of aromatic amines is 2. The van der Waals surface area contributed by atoms with E-state index in [1.807, 2.05) is 24.3 Å². The topological polar surface area (TPSA) is 62.8 Å². The van der Waals surface area contributed by atoms with Crippen molar-refractivity contribution in [3.63, 3.8) is 0 Å². The second-order valence-corrected chi connectivity index (χ2v) is 6.50. The Morgan fingerprint density at radius 1 is 1.30 bits per heavy atom. The maximum absolute atomic E-state index is 12.6. The lowest BCUT2D eigenvalue weighted by molar-refractivity contribution is 0.293. The number of nitrogens with zero attached hydrogens (tertiary/aromatic N) is 1. The molecule has 1 aliphatic carbocycles. The van der Waals surface area contributed by atoms with Crippen molar-refractivity contribution in [2.75, 3.05) is 6.61 Å². The highest BCUT2D eigenvalue weighted by Crippen LogP contribution is 2.37. The van der Waals surface area contributed by atoms with E-state index in [1.165, 1.54) is 11.0 Å². The first kappa shape index (κ1) is 14.3. The van der Waals surface area contributed by atoms with Crippen molar-refractivity contribution in [2.24, 2.45) is 11.8 Å². The van der Waals surface area contributed by atoms with Gasteiger partial charge in [-0.15, -0.1) is 0 Å². The van der Waals surface area contributed by atoms with E-state index in [2.05, 4.69) is 16.9 Å². The summed E-state index contributed by atoms with van der Waals surface area (Å²) in [7, 11) is 0. The molecule has 118 valence electrons. The molecule has 0 radical (unpaired) electrons. The van der Waals surface area contributed by atoms with Gasteiger partial charge in [0.15, 0.2) is 4.77 Å². The zero-order valence-corrected chi connectivity index (χ0v) is 13.5. The first-order valence-corrected chi connectivity index (χ1v) is 8.10. The second kappa shape index (κ2) is 5.38. The first-order valence-electron chi connectivity index (χ1n) is 7.69. The minimum Gasteiger partial charge on any atom is -0.493 e. The van der Waals surface area contributed by atoms with Crippen LogP contribution in [0.2, 0.25) is 0 Å². The van der Waals surface area contributed by atoms with Crippen LogP contribution >= 0.6 is 12.2 Å². The van der Waals surface area contributed by atoms with Crippen LogP contribution in [0.5, 0.6) is 5.75 Å². The molecule has 0 saturated heterocycles. The molecule has 1 fully saturated rings. The van der Waals surface area contributed by atoms with Crippen molar-refractivity contribution in [1.29, 1.82) is 0 Å². The van der Waals surface area contributed by atoms with Crippen LogP contribution in [0.3, 0.4) is 0 Å². The Bertz CT molecular complexity index is 968. The molecule has 1 aromatic carbocycles. The van der Waals surface area contributed by atoms with Gasteiger partial charge in [0.1, 0.15) is 11.4 Å². The molecule has 3 aromatic rings. The summed E-state index contributed by atoms with van der Waals surface area (Å²) in [5.74, 6) is 2.28. The van der Waals surface area contributed by atoms with Crippen LogP contribution in [0.25, 0.3) is 16.7 Å². The molecule has 4 rings (SSSR count).